The zero-order chi connectivity index (χ0) is 14.7. The van der Waals surface area contributed by atoms with Gasteiger partial charge in [-0.1, -0.05) is 0 Å². The van der Waals surface area contributed by atoms with Gasteiger partial charge in [0.15, 0.2) is 0 Å². The molecule has 21 heavy (non-hydrogen) atoms. The minimum atomic E-state index is -0.0695. The molecule has 2 amide bonds. The molecular weight excluding hydrogens is 288 g/mol. The van der Waals surface area contributed by atoms with Crippen molar-refractivity contribution < 1.29 is 9.53 Å². The van der Waals surface area contributed by atoms with Crippen molar-refractivity contribution in [2.45, 2.75) is 25.7 Å². The Balaban J connectivity index is 1.60. The zero-order valence-corrected chi connectivity index (χ0v) is 12.6. The predicted octanol–water partition coefficient (Wildman–Crippen LogP) is 2.14. The molecule has 1 aliphatic rings. The standard InChI is InChI=1S/C14H18N4O2S/c1-10-7-18(8-13(20-10)11-3-5-21-9-11)14(19)15-6-12-2-4-16-17-12/h2-5,9-10,13H,6-8H2,1H3,(H,15,19)(H,16,17)/t10-,13-/m0/s1. The summed E-state index contributed by atoms with van der Waals surface area (Å²) >= 11 is 1.64. The van der Waals surface area contributed by atoms with Gasteiger partial charge in [-0.25, -0.2) is 4.79 Å². The molecule has 0 unspecified atom stereocenters. The van der Waals surface area contributed by atoms with Gasteiger partial charge in [-0.15, -0.1) is 0 Å². The molecule has 6 nitrogen and oxygen atoms in total. The molecule has 0 aromatic carbocycles. The van der Waals surface area contributed by atoms with Crippen LogP contribution in [0.25, 0.3) is 0 Å². The van der Waals surface area contributed by atoms with E-state index in [0.29, 0.717) is 19.6 Å². The number of aromatic amines is 1. The number of hydrogen-bond donors (Lipinski definition) is 2. The maximum Gasteiger partial charge on any atom is 0.317 e. The third-order valence-electron chi connectivity index (χ3n) is 3.45. The van der Waals surface area contributed by atoms with Crippen molar-refractivity contribution in [3.05, 3.63) is 40.3 Å². The lowest BCUT2D eigenvalue weighted by Gasteiger charge is -2.36. The molecule has 0 aliphatic carbocycles. The van der Waals surface area contributed by atoms with Gasteiger partial charge >= 0.3 is 6.03 Å². The number of carbonyl (C=O) groups excluding carboxylic acids is 1. The molecule has 2 atom stereocenters. The number of morpholine rings is 1. The van der Waals surface area contributed by atoms with E-state index in [2.05, 4.69) is 20.9 Å². The first-order valence-electron chi connectivity index (χ1n) is 6.91. The van der Waals surface area contributed by atoms with Gasteiger partial charge in [-0.3, -0.25) is 5.10 Å². The van der Waals surface area contributed by atoms with Crippen LogP contribution in [0.2, 0.25) is 0 Å². The highest BCUT2D eigenvalue weighted by atomic mass is 32.1. The van der Waals surface area contributed by atoms with Gasteiger partial charge < -0.3 is 15.0 Å². The number of H-pyrrole nitrogens is 1. The van der Waals surface area contributed by atoms with Crippen LogP contribution in [0.4, 0.5) is 4.79 Å². The van der Waals surface area contributed by atoms with Crippen LogP contribution in [-0.2, 0) is 11.3 Å². The molecule has 112 valence electrons. The highest BCUT2D eigenvalue weighted by Crippen LogP contribution is 2.26. The molecular formula is C14H18N4O2S. The largest absolute Gasteiger partial charge is 0.367 e. The Hall–Kier alpha value is -1.86. The fourth-order valence-electron chi connectivity index (χ4n) is 2.43. The molecule has 2 aromatic rings. The van der Waals surface area contributed by atoms with Gasteiger partial charge in [-0.2, -0.15) is 16.4 Å². The first-order valence-corrected chi connectivity index (χ1v) is 7.85. The number of rotatable bonds is 3. The van der Waals surface area contributed by atoms with Crippen LogP contribution in [-0.4, -0.2) is 40.3 Å². The summed E-state index contributed by atoms with van der Waals surface area (Å²) < 4.78 is 5.93. The Kier molecular flexibility index (Phi) is 4.21. The van der Waals surface area contributed by atoms with E-state index in [-0.39, 0.29) is 18.2 Å². The Morgan fingerprint density at radius 3 is 3.19 bits per heavy atom. The van der Waals surface area contributed by atoms with Crippen LogP contribution in [0.5, 0.6) is 0 Å². The third-order valence-corrected chi connectivity index (χ3v) is 4.15. The van der Waals surface area contributed by atoms with Crippen LogP contribution < -0.4 is 5.32 Å². The van der Waals surface area contributed by atoms with Crippen molar-refractivity contribution >= 4 is 17.4 Å². The lowest BCUT2D eigenvalue weighted by molar-refractivity contribution is -0.0655. The Morgan fingerprint density at radius 1 is 1.57 bits per heavy atom. The monoisotopic (exact) mass is 306 g/mol. The topological polar surface area (TPSA) is 70.2 Å². The van der Waals surface area contributed by atoms with Crippen molar-refractivity contribution in [3.8, 4) is 0 Å². The summed E-state index contributed by atoms with van der Waals surface area (Å²) in [4.78, 5) is 14.1. The molecule has 0 spiro atoms. The number of hydrogen-bond acceptors (Lipinski definition) is 4. The number of nitrogens with zero attached hydrogens (tertiary/aromatic N) is 2. The summed E-state index contributed by atoms with van der Waals surface area (Å²) in [5.74, 6) is 0. The Morgan fingerprint density at radius 2 is 2.48 bits per heavy atom. The molecule has 0 bridgehead atoms. The van der Waals surface area contributed by atoms with Crippen LogP contribution in [0.15, 0.2) is 29.1 Å². The second-order valence-corrected chi connectivity index (χ2v) is 5.92. The molecule has 3 rings (SSSR count). The lowest BCUT2D eigenvalue weighted by Crippen LogP contribution is -2.49. The van der Waals surface area contributed by atoms with Gasteiger partial charge in [0, 0.05) is 12.7 Å². The molecule has 2 aromatic heterocycles. The summed E-state index contributed by atoms with van der Waals surface area (Å²) in [6, 6.07) is 3.82. The van der Waals surface area contributed by atoms with E-state index < -0.39 is 0 Å². The summed E-state index contributed by atoms with van der Waals surface area (Å²) in [5, 5.41) is 13.7. The van der Waals surface area contributed by atoms with E-state index in [9.17, 15) is 4.79 Å². The SMILES string of the molecule is C[C@H]1CN(C(=O)NCc2ccn[nH]2)C[C@@H](c2ccsc2)O1. The van der Waals surface area contributed by atoms with E-state index >= 15 is 0 Å². The molecule has 0 saturated carbocycles. The maximum atomic E-state index is 12.3. The van der Waals surface area contributed by atoms with E-state index in [4.69, 9.17) is 4.74 Å². The third kappa shape index (κ3) is 3.43. The maximum absolute atomic E-state index is 12.3. The number of urea groups is 1. The first-order chi connectivity index (χ1) is 10.2. The molecule has 1 saturated heterocycles. The fourth-order valence-corrected chi connectivity index (χ4v) is 3.13. The number of aromatic nitrogens is 2. The predicted molar refractivity (Wildman–Crippen MR) is 80.0 cm³/mol. The minimum Gasteiger partial charge on any atom is -0.367 e. The van der Waals surface area contributed by atoms with E-state index in [1.54, 1.807) is 17.5 Å². The summed E-state index contributed by atoms with van der Waals surface area (Å²) in [7, 11) is 0. The number of thiophene rings is 1. The van der Waals surface area contributed by atoms with Crippen molar-refractivity contribution in [1.82, 2.24) is 20.4 Å². The van der Waals surface area contributed by atoms with E-state index in [1.165, 1.54) is 0 Å². The summed E-state index contributed by atoms with van der Waals surface area (Å²) in [6.07, 6.45) is 1.66. The molecule has 1 fully saturated rings. The van der Waals surface area contributed by atoms with Crippen LogP contribution in [0, 0.1) is 0 Å². The van der Waals surface area contributed by atoms with Crippen molar-refractivity contribution in [2.24, 2.45) is 0 Å². The Bertz CT molecular complexity index is 570. The fraction of sp³-hybridized carbons (Fsp3) is 0.429. The van der Waals surface area contributed by atoms with E-state index in [0.717, 1.165) is 11.3 Å². The van der Waals surface area contributed by atoms with E-state index in [1.807, 2.05) is 29.3 Å². The van der Waals surface area contributed by atoms with Crippen molar-refractivity contribution in [3.63, 3.8) is 0 Å². The van der Waals surface area contributed by atoms with Crippen molar-refractivity contribution in [2.75, 3.05) is 13.1 Å². The lowest BCUT2D eigenvalue weighted by atomic mass is 10.1. The highest BCUT2D eigenvalue weighted by Gasteiger charge is 2.29. The molecule has 1 aliphatic heterocycles. The quantitative estimate of drug-likeness (QED) is 0.913. The number of amides is 2. The van der Waals surface area contributed by atoms with Crippen LogP contribution in [0.3, 0.4) is 0 Å². The van der Waals surface area contributed by atoms with Gasteiger partial charge in [-0.05, 0) is 35.4 Å². The van der Waals surface area contributed by atoms with Crippen LogP contribution >= 0.6 is 11.3 Å². The van der Waals surface area contributed by atoms with Crippen LogP contribution in [0.1, 0.15) is 24.3 Å². The summed E-state index contributed by atoms with van der Waals surface area (Å²) in [6.45, 7) is 3.63. The molecule has 0 radical (unpaired) electrons. The average molecular weight is 306 g/mol. The Labute approximate surface area is 127 Å². The van der Waals surface area contributed by atoms with Crippen molar-refractivity contribution in [1.29, 1.82) is 0 Å². The zero-order valence-electron chi connectivity index (χ0n) is 11.8. The average Bonchev–Trinajstić information content (AvgIpc) is 3.17. The second-order valence-electron chi connectivity index (χ2n) is 5.14. The second kappa shape index (κ2) is 6.28. The molecule has 3 heterocycles. The first kappa shape index (κ1) is 14.1. The highest BCUT2D eigenvalue weighted by molar-refractivity contribution is 7.07. The molecule has 7 heteroatoms. The minimum absolute atomic E-state index is 0.0292. The van der Waals surface area contributed by atoms with Gasteiger partial charge in [0.25, 0.3) is 0 Å². The normalized spacial score (nSPS) is 22.2. The summed E-state index contributed by atoms with van der Waals surface area (Å²) in [5.41, 5.74) is 2.02. The molecule has 2 N–H and O–H groups in total. The number of nitrogens with one attached hydrogen (secondary N) is 2. The number of ether oxygens (including phenoxy) is 1. The number of carbonyl (C=O) groups is 1. The van der Waals surface area contributed by atoms with Gasteiger partial charge in [0.05, 0.1) is 24.9 Å². The smallest absolute Gasteiger partial charge is 0.317 e. The van der Waals surface area contributed by atoms with Gasteiger partial charge in [0.1, 0.15) is 6.10 Å². The van der Waals surface area contributed by atoms with Gasteiger partial charge in [0.2, 0.25) is 0 Å².